The molecule has 0 unspecified atom stereocenters. The Labute approximate surface area is 165 Å². The maximum atomic E-state index is 13.1. The van der Waals surface area contributed by atoms with Crippen LogP contribution in [0.1, 0.15) is 17.5 Å². The van der Waals surface area contributed by atoms with E-state index in [2.05, 4.69) is 0 Å². The molecule has 0 aromatic heterocycles. The van der Waals surface area contributed by atoms with Gasteiger partial charge in [0.2, 0.25) is 5.91 Å². The Morgan fingerprint density at radius 1 is 1.04 bits per heavy atom. The fraction of sp³-hybridized carbons (Fsp3) is 0.350. The molecule has 28 heavy (non-hydrogen) atoms. The van der Waals surface area contributed by atoms with Crippen molar-refractivity contribution in [2.45, 2.75) is 19.4 Å². The molecule has 0 N–H and O–H groups in total. The number of benzene rings is 2. The molecule has 6 nitrogen and oxygen atoms in total. The molecule has 0 fully saturated rings. The van der Waals surface area contributed by atoms with Crippen LogP contribution in [0.15, 0.2) is 48.5 Å². The number of methoxy groups -OCH3 is 1. The summed E-state index contributed by atoms with van der Waals surface area (Å²) in [4.78, 5) is 14.4. The number of amides is 1. The van der Waals surface area contributed by atoms with E-state index in [4.69, 9.17) is 8.92 Å². The lowest BCUT2D eigenvalue weighted by atomic mass is 10.1. The zero-order chi connectivity index (χ0) is 20.6. The molecule has 0 aliphatic carbocycles. The number of halogens is 1. The van der Waals surface area contributed by atoms with Crippen molar-refractivity contribution in [3.05, 3.63) is 65.5 Å². The molecule has 0 saturated heterocycles. The Morgan fingerprint density at radius 3 is 2.21 bits per heavy atom. The monoisotopic (exact) mass is 409 g/mol. The summed E-state index contributed by atoms with van der Waals surface area (Å²) in [6, 6.07) is 12.4. The van der Waals surface area contributed by atoms with Gasteiger partial charge in [0, 0.05) is 26.8 Å². The molecule has 0 heterocycles. The van der Waals surface area contributed by atoms with Gasteiger partial charge in [-0.1, -0.05) is 24.3 Å². The third-order valence-electron chi connectivity index (χ3n) is 3.94. The van der Waals surface area contributed by atoms with Crippen LogP contribution in [0.2, 0.25) is 0 Å². The highest BCUT2D eigenvalue weighted by atomic mass is 32.2. The van der Waals surface area contributed by atoms with E-state index in [-0.39, 0.29) is 23.9 Å². The molecule has 0 bridgehead atoms. The predicted molar refractivity (Wildman–Crippen MR) is 104 cm³/mol. The number of ether oxygens (including phenoxy) is 1. The summed E-state index contributed by atoms with van der Waals surface area (Å²) in [6.07, 6.45) is 1.83. The van der Waals surface area contributed by atoms with Crippen molar-refractivity contribution in [2.24, 2.45) is 0 Å². The van der Waals surface area contributed by atoms with Gasteiger partial charge in [0.25, 0.3) is 0 Å². The van der Waals surface area contributed by atoms with E-state index >= 15 is 0 Å². The van der Waals surface area contributed by atoms with Gasteiger partial charge in [-0.15, -0.1) is 0 Å². The van der Waals surface area contributed by atoms with Gasteiger partial charge < -0.3 is 13.8 Å². The molecule has 2 aromatic carbocycles. The van der Waals surface area contributed by atoms with Gasteiger partial charge in [0.05, 0.1) is 12.7 Å². The molecule has 0 aliphatic heterocycles. The van der Waals surface area contributed by atoms with Crippen molar-refractivity contribution < 1.29 is 26.5 Å². The van der Waals surface area contributed by atoms with Crippen LogP contribution in [0.4, 0.5) is 4.39 Å². The summed E-state index contributed by atoms with van der Waals surface area (Å²) in [5.41, 5.74) is 1.57. The average molecular weight is 409 g/mol. The summed E-state index contributed by atoms with van der Waals surface area (Å²) >= 11 is 0. The van der Waals surface area contributed by atoms with Gasteiger partial charge in [-0.05, 0) is 41.8 Å². The van der Waals surface area contributed by atoms with Gasteiger partial charge in [0.15, 0.2) is 0 Å². The Bertz CT molecular complexity index is 866. The van der Waals surface area contributed by atoms with E-state index in [1.807, 2.05) is 0 Å². The maximum Gasteiger partial charge on any atom is 0.306 e. The molecular weight excluding hydrogens is 385 g/mol. The van der Waals surface area contributed by atoms with E-state index in [9.17, 15) is 17.6 Å². The average Bonchev–Trinajstić information content (AvgIpc) is 2.63. The van der Waals surface area contributed by atoms with E-state index in [1.54, 1.807) is 48.4 Å². The third kappa shape index (κ3) is 7.66. The van der Waals surface area contributed by atoms with Crippen LogP contribution in [0, 0.1) is 5.82 Å². The number of nitrogens with zero attached hydrogens (tertiary/aromatic N) is 1. The first-order valence-electron chi connectivity index (χ1n) is 8.76. The van der Waals surface area contributed by atoms with Gasteiger partial charge >= 0.3 is 10.1 Å². The Morgan fingerprint density at radius 2 is 1.64 bits per heavy atom. The SMILES string of the molecule is COCCCN(Cc1ccc(OS(C)(=O)=O)cc1)C(=O)Cc1ccc(F)cc1. The molecule has 0 saturated carbocycles. The highest BCUT2D eigenvalue weighted by Crippen LogP contribution is 2.16. The second kappa shape index (κ2) is 10.2. The van der Waals surface area contributed by atoms with Crippen molar-refractivity contribution in [3.63, 3.8) is 0 Å². The van der Waals surface area contributed by atoms with E-state index < -0.39 is 10.1 Å². The molecular formula is C20H24FNO5S. The Kier molecular flexibility index (Phi) is 7.95. The molecule has 0 atom stereocenters. The molecule has 0 aliphatic rings. The summed E-state index contributed by atoms with van der Waals surface area (Å²) in [5.74, 6) is -0.210. The van der Waals surface area contributed by atoms with Crippen LogP contribution in [-0.4, -0.2) is 45.7 Å². The zero-order valence-electron chi connectivity index (χ0n) is 15.9. The lowest BCUT2D eigenvalue weighted by Gasteiger charge is -2.23. The van der Waals surface area contributed by atoms with Crippen molar-refractivity contribution in [1.29, 1.82) is 0 Å². The standard InChI is InChI=1S/C20H24FNO5S/c1-26-13-3-12-22(20(23)14-16-4-8-18(21)9-5-16)15-17-6-10-19(11-7-17)27-28(2,24)25/h4-11H,3,12-15H2,1-2H3. The smallest absolute Gasteiger partial charge is 0.306 e. The summed E-state index contributed by atoms with van der Waals surface area (Å²) in [5, 5.41) is 0. The number of hydrogen-bond acceptors (Lipinski definition) is 5. The number of rotatable bonds is 10. The van der Waals surface area contributed by atoms with Crippen LogP contribution in [0.25, 0.3) is 0 Å². The summed E-state index contributed by atoms with van der Waals surface area (Å²) in [7, 11) is -1.98. The summed E-state index contributed by atoms with van der Waals surface area (Å²) in [6.45, 7) is 1.40. The minimum atomic E-state index is -3.58. The van der Waals surface area contributed by atoms with E-state index in [0.29, 0.717) is 26.1 Å². The fourth-order valence-electron chi connectivity index (χ4n) is 2.63. The quantitative estimate of drug-likeness (QED) is 0.446. The van der Waals surface area contributed by atoms with E-state index in [1.165, 1.54) is 12.1 Å². The van der Waals surface area contributed by atoms with Crippen LogP contribution in [-0.2, 0) is 32.6 Å². The molecule has 1 amide bonds. The topological polar surface area (TPSA) is 72.9 Å². The maximum absolute atomic E-state index is 13.1. The minimum Gasteiger partial charge on any atom is -0.385 e. The summed E-state index contributed by atoms with van der Waals surface area (Å²) < 4.78 is 45.3. The Hall–Kier alpha value is -2.45. The van der Waals surface area contributed by atoms with Gasteiger partial charge in [-0.25, -0.2) is 4.39 Å². The number of carbonyl (C=O) groups is 1. The molecule has 2 rings (SSSR count). The van der Waals surface area contributed by atoms with Crippen molar-refractivity contribution in [1.82, 2.24) is 4.90 Å². The van der Waals surface area contributed by atoms with Crippen LogP contribution in [0.3, 0.4) is 0 Å². The molecule has 8 heteroatoms. The Balaban J connectivity index is 2.06. The minimum absolute atomic E-state index is 0.0841. The van der Waals surface area contributed by atoms with Gasteiger partial charge in [0.1, 0.15) is 11.6 Å². The molecule has 0 radical (unpaired) electrons. The van der Waals surface area contributed by atoms with Crippen molar-refractivity contribution >= 4 is 16.0 Å². The normalized spacial score (nSPS) is 11.2. The molecule has 2 aromatic rings. The first-order chi connectivity index (χ1) is 13.3. The van der Waals surface area contributed by atoms with Crippen LogP contribution in [0.5, 0.6) is 5.75 Å². The largest absolute Gasteiger partial charge is 0.385 e. The zero-order valence-corrected chi connectivity index (χ0v) is 16.7. The highest BCUT2D eigenvalue weighted by molar-refractivity contribution is 7.86. The third-order valence-corrected chi connectivity index (χ3v) is 4.44. The first kappa shape index (κ1) is 21.8. The van der Waals surface area contributed by atoms with Gasteiger partial charge in [-0.3, -0.25) is 4.79 Å². The second-order valence-corrected chi connectivity index (χ2v) is 7.97. The highest BCUT2D eigenvalue weighted by Gasteiger charge is 2.15. The van der Waals surface area contributed by atoms with Crippen LogP contribution >= 0.6 is 0 Å². The van der Waals surface area contributed by atoms with Crippen molar-refractivity contribution in [3.8, 4) is 5.75 Å². The van der Waals surface area contributed by atoms with Gasteiger partial charge in [-0.2, -0.15) is 8.42 Å². The molecule has 0 spiro atoms. The van der Waals surface area contributed by atoms with Crippen LogP contribution < -0.4 is 4.18 Å². The fourth-order valence-corrected chi connectivity index (χ4v) is 3.09. The molecule has 152 valence electrons. The lowest BCUT2D eigenvalue weighted by molar-refractivity contribution is -0.131. The predicted octanol–water partition coefficient (Wildman–Crippen LogP) is 2.77. The number of hydrogen-bond donors (Lipinski definition) is 0. The first-order valence-corrected chi connectivity index (χ1v) is 10.6. The lowest BCUT2D eigenvalue weighted by Crippen LogP contribution is -2.33. The van der Waals surface area contributed by atoms with E-state index in [0.717, 1.165) is 17.4 Å². The van der Waals surface area contributed by atoms with Crippen molar-refractivity contribution in [2.75, 3.05) is 26.5 Å². The number of carbonyl (C=O) groups excluding carboxylic acids is 1. The second-order valence-electron chi connectivity index (χ2n) is 6.40.